The Morgan fingerprint density at radius 3 is 2.45 bits per heavy atom. The quantitative estimate of drug-likeness (QED) is 0.799. The molecule has 1 aromatic carbocycles. The number of methoxy groups -OCH3 is 1. The molecule has 1 N–H and O–H groups in total. The van der Waals surface area contributed by atoms with E-state index in [0.717, 1.165) is 0 Å². The van der Waals surface area contributed by atoms with Crippen molar-refractivity contribution in [3.05, 3.63) is 35.4 Å². The van der Waals surface area contributed by atoms with Gasteiger partial charge in [-0.15, -0.1) is 0 Å². The van der Waals surface area contributed by atoms with Crippen LogP contribution in [0.5, 0.6) is 0 Å². The zero-order valence-corrected chi connectivity index (χ0v) is 12.9. The van der Waals surface area contributed by atoms with Crippen molar-refractivity contribution in [3.63, 3.8) is 0 Å². The number of carbonyl (C=O) groups is 2. The monoisotopic (exact) mass is 327 g/mol. The summed E-state index contributed by atoms with van der Waals surface area (Å²) in [7, 11) is -2.29. The van der Waals surface area contributed by atoms with Crippen molar-refractivity contribution in [1.29, 1.82) is 0 Å². The summed E-state index contributed by atoms with van der Waals surface area (Å²) < 4.78 is 30.4. The number of carbonyl (C=O) groups excluding carboxylic acids is 1. The third-order valence-corrected chi connectivity index (χ3v) is 5.43. The van der Waals surface area contributed by atoms with Crippen molar-refractivity contribution in [2.75, 3.05) is 20.2 Å². The zero-order valence-electron chi connectivity index (χ0n) is 12.1. The largest absolute Gasteiger partial charge is 0.481 e. The Kier molecular flexibility index (Phi) is 4.82. The molecule has 1 aliphatic rings. The number of rotatable bonds is 5. The first-order valence-electron chi connectivity index (χ1n) is 6.71. The number of aliphatic carboxylic acids is 1. The first-order valence-corrected chi connectivity index (χ1v) is 8.32. The lowest BCUT2D eigenvalue weighted by Gasteiger charge is -2.16. The number of hydrogen-bond donors (Lipinski definition) is 1. The molecule has 1 atom stereocenters. The van der Waals surface area contributed by atoms with Gasteiger partial charge in [-0.25, -0.2) is 17.5 Å². The van der Waals surface area contributed by atoms with E-state index in [-0.39, 0.29) is 18.8 Å². The molecule has 1 saturated heterocycles. The number of sulfonamides is 1. The van der Waals surface area contributed by atoms with Gasteiger partial charge in [0.15, 0.2) is 0 Å². The first kappa shape index (κ1) is 16.4. The Morgan fingerprint density at radius 2 is 1.95 bits per heavy atom. The molecule has 0 amide bonds. The van der Waals surface area contributed by atoms with Gasteiger partial charge in [0.1, 0.15) is 0 Å². The molecule has 1 fully saturated rings. The normalized spacial score (nSPS) is 19.0. The Balaban J connectivity index is 2.06. The molecule has 1 heterocycles. The second-order valence-corrected chi connectivity index (χ2v) is 7.10. The lowest BCUT2D eigenvalue weighted by atomic mass is 10.1. The third kappa shape index (κ3) is 3.63. The van der Waals surface area contributed by atoms with Gasteiger partial charge in [0.2, 0.25) is 10.0 Å². The van der Waals surface area contributed by atoms with E-state index in [1.165, 1.54) is 23.5 Å². The van der Waals surface area contributed by atoms with Gasteiger partial charge >= 0.3 is 11.9 Å². The van der Waals surface area contributed by atoms with Crippen LogP contribution < -0.4 is 0 Å². The van der Waals surface area contributed by atoms with Crippen LogP contribution in [0.1, 0.15) is 22.3 Å². The molecule has 1 unspecified atom stereocenters. The molecular weight excluding hydrogens is 310 g/mol. The Hall–Kier alpha value is -1.93. The average Bonchev–Trinajstić information content (AvgIpc) is 2.98. The lowest BCUT2D eigenvalue weighted by molar-refractivity contribution is -0.141. The predicted molar refractivity (Wildman–Crippen MR) is 77.7 cm³/mol. The molecule has 1 aromatic rings. The van der Waals surface area contributed by atoms with E-state index >= 15 is 0 Å². The average molecular weight is 327 g/mol. The molecule has 0 saturated carbocycles. The molecule has 0 aliphatic carbocycles. The number of hydrogen-bond acceptors (Lipinski definition) is 5. The first-order chi connectivity index (χ1) is 10.3. The highest BCUT2D eigenvalue weighted by Crippen LogP contribution is 2.22. The minimum atomic E-state index is -3.56. The fourth-order valence-electron chi connectivity index (χ4n) is 2.34. The van der Waals surface area contributed by atoms with Gasteiger partial charge in [0, 0.05) is 13.1 Å². The topological polar surface area (TPSA) is 101 Å². The van der Waals surface area contributed by atoms with Gasteiger partial charge < -0.3 is 9.84 Å². The lowest BCUT2D eigenvalue weighted by Crippen LogP contribution is -2.31. The number of carboxylic acid groups (broad SMARTS) is 1. The van der Waals surface area contributed by atoms with E-state index < -0.39 is 27.9 Å². The minimum Gasteiger partial charge on any atom is -0.481 e. The molecule has 0 spiro atoms. The summed E-state index contributed by atoms with van der Waals surface area (Å²) >= 11 is 0. The maximum atomic E-state index is 12.3. The van der Waals surface area contributed by atoms with E-state index in [1.807, 2.05) is 0 Å². The van der Waals surface area contributed by atoms with E-state index in [9.17, 15) is 18.0 Å². The van der Waals surface area contributed by atoms with Crippen LogP contribution in [0.15, 0.2) is 24.3 Å². The van der Waals surface area contributed by atoms with Crippen LogP contribution >= 0.6 is 0 Å². The Labute approximate surface area is 128 Å². The highest BCUT2D eigenvalue weighted by atomic mass is 32.2. The fraction of sp³-hybridized carbons (Fsp3) is 0.429. The summed E-state index contributed by atoms with van der Waals surface area (Å²) in [6.07, 6.45) is 0.329. The van der Waals surface area contributed by atoms with Gasteiger partial charge in [-0.05, 0) is 24.1 Å². The van der Waals surface area contributed by atoms with Crippen molar-refractivity contribution in [2.45, 2.75) is 12.2 Å². The maximum Gasteiger partial charge on any atom is 0.337 e. The summed E-state index contributed by atoms with van der Waals surface area (Å²) in [5, 5.41) is 8.93. The number of benzene rings is 1. The second kappa shape index (κ2) is 6.45. The SMILES string of the molecule is COC(=O)c1ccc(CS(=O)(=O)N2CCC(C(=O)O)C2)cc1. The predicted octanol–water partition coefficient (Wildman–Crippen LogP) is 0.709. The van der Waals surface area contributed by atoms with E-state index in [0.29, 0.717) is 17.5 Å². The highest BCUT2D eigenvalue weighted by molar-refractivity contribution is 7.88. The number of nitrogens with zero attached hydrogens (tertiary/aromatic N) is 1. The van der Waals surface area contributed by atoms with Crippen LogP contribution in [0.3, 0.4) is 0 Å². The molecule has 0 aromatic heterocycles. The van der Waals surface area contributed by atoms with Crippen LogP contribution in [0.25, 0.3) is 0 Å². The molecule has 1 aliphatic heterocycles. The van der Waals surface area contributed by atoms with E-state index in [1.54, 1.807) is 12.1 Å². The van der Waals surface area contributed by atoms with Crippen molar-refractivity contribution in [2.24, 2.45) is 5.92 Å². The molecular formula is C14H17NO6S. The van der Waals surface area contributed by atoms with Gasteiger partial charge in [0.05, 0.1) is 24.3 Å². The maximum absolute atomic E-state index is 12.3. The van der Waals surface area contributed by atoms with Crippen LogP contribution in [-0.2, 0) is 25.3 Å². The molecule has 0 bridgehead atoms. The summed E-state index contributed by atoms with van der Waals surface area (Å²) in [5.74, 6) is -2.32. The third-order valence-electron chi connectivity index (χ3n) is 3.62. The summed E-state index contributed by atoms with van der Waals surface area (Å²) in [6, 6.07) is 6.10. The standard InChI is InChI=1S/C14H17NO6S/c1-21-14(18)11-4-2-10(3-5-11)9-22(19,20)15-7-6-12(8-15)13(16)17/h2-5,12H,6-9H2,1H3,(H,16,17). The van der Waals surface area contributed by atoms with Gasteiger partial charge in [-0.2, -0.15) is 0 Å². The molecule has 22 heavy (non-hydrogen) atoms. The molecule has 7 nitrogen and oxygen atoms in total. The minimum absolute atomic E-state index is 0.0118. The Morgan fingerprint density at radius 1 is 1.32 bits per heavy atom. The molecule has 8 heteroatoms. The number of ether oxygens (including phenoxy) is 1. The van der Waals surface area contributed by atoms with Crippen molar-refractivity contribution >= 4 is 22.0 Å². The van der Waals surface area contributed by atoms with Gasteiger partial charge in [-0.3, -0.25) is 4.79 Å². The Bertz CT molecular complexity index is 667. The van der Waals surface area contributed by atoms with Crippen LogP contribution in [0.4, 0.5) is 0 Å². The molecule has 0 radical (unpaired) electrons. The highest BCUT2D eigenvalue weighted by Gasteiger charge is 2.34. The zero-order chi connectivity index (χ0) is 16.3. The van der Waals surface area contributed by atoms with E-state index in [2.05, 4.69) is 4.74 Å². The summed E-state index contributed by atoms with van der Waals surface area (Å²) in [4.78, 5) is 22.2. The van der Waals surface area contributed by atoms with Crippen LogP contribution in [0, 0.1) is 5.92 Å². The molecule has 120 valence electrons. The second-order valence-electron chi connectivity index (χ2n) is 5.13. The van der Waals surface area contributed by atoms with E-state index in [4.69, 9.17) is 5.11 Å². The van der Waals surface area contributed by atoms with Crippen molar-refractivity contribution in [1.82, 2.24) is 4.31 Å². The summed E-state index contributed by atoms with van der Waals surface area (Å²) in [5.41, 5.74) is 0.877. The van der Waals surface area contributed by atoms with Gasteiger partial charge in [0.25, 0.3) is 0 Å². The van der Waals surface area contributed by atoms with Crippen molar-refractivity contribution < 1.29 is 27.9 Å². The number of carboxylic acids is 1. The fourth-order valence-corrected chi connectivity index (χ4v) is 3.93. The smallest absolute Gasteiger partial charge is 0.337 e. The van der Waals surface area contributed by atoms with Gasteiger partial charge in [-0.1, -0.05) is 12.1 Å². The van der Waals surface area contributed by atoms with Crippen molar-refractivity contribution in [3.8, 4) is 0 Å². The summed E-state index contributed by atoms with van der Waals surface area (Å²) in [6.45, 7) is 0.234. The van der Waals surface area contributed by atoms with Crippen LogP contribution in [-0.4, -0.2) is 50.0 Å². The van der Waals surface area contributed by atoms with Crippen LogP contribution in [0.2, 0.25) is 0 Å². The molecule has 2 rings (SSSR count). The number of esters is 1.